The molecule has 5 rings (SSSR count). The van der Waals surface area contributed by atoms with Gasteiger partial charge in [-0.2, -0.15) is 0 Å². The molecule has 1 fully saturated rings. The molecule has 3 heterocycles. The molecule has 1 aliphatic rings. The maximum absolute atomic E-state index is 10.9. The van der Waals surface area contributed by atoms with Crippen molar-refractivity contribution in [2.75, 3.05) is 26.7 Å². The molecule has 150 valence electrons. The zero-order chi connectivity index (χ0) is 20.2. The van der Waals surface area contributed by atoms with Gasteiger partial charge in [0.2, 0.25) is 0 Å². The molecule has 0 radical (unpaired) electrons. The van der Waals surface area contributed by atoms with Crippen molar-refractivity contribution in [2.24, 2.45) is 5.92 Å². The third-order valence-corrected chi connectivity index (χ3v) is 6.27. The number of carbonyl (C=O) groups excluding carboxylic acids is 1. The molecular weight excluding hydrogens is 380 g/mol. The molecule has 0 aliphatic carbocycles. The first-order valence-corrected chi connectivity index (χ1v) is 10.8. The quantitative estimate of drug-likeness (QED) is 0.500. The van der Waals surface area contributed by atoms with E-state index in [4.69, 9.17) is 4.98 Å². The summed E-state index contributed by atoms with van der Waals surface area (Å²) in [5, 5.41) is 6.49. The number of aryl methyl sites for hydroxylation is 1. The number of benzene rings is 2. The fraction of sp³-hybridized carbons (Fsp3) is 0.304. The number of nitrogens with one attached hydrogen (secondary N) is 2. The Hall–Kier alpha value is -2.54. The Bertz CT molecular complexity index is 1110. The van der Waals surface area contributed by atoms with Crippen LogP contribution in [0.2, 0.25) is 0 Å². The summed E-state index contributed by atoms with van der Waals surface area (Å²) in [7, 11) is 2.01. The van der Waals surface area contributed by atoms with Crippen molar-refractivity contribution in [3.63, 3.8) is 0 Å². The first kappa shape index (κ1) is 19.8. The third kappa shape index (κ3) is 4.40. The Labute approximate surface area is 174 Å². The number of aromatic nitrogens is 2. The van der Waals surface area contributed by atoms with E-state index in [2.05, 4.69) is 52.4 Å². The van der Waals surface area contributed by atoms with Crippen molar-refractivity contribution < 1.29 is 4.79 Å². The van der Waals surface area contributed by atoms with Gasteiger partial charge in [0.25, 0.3) is 0 Å². The summed E-state index contributed by atoms with van der Waals surface area (Å²) in [5.74, 6) is 0.889. The molecule has 0 spiro atoms. The average molecular weight is 407 g/mol. The Morgan fingerprint density at radius 3 is 2.79 bits per heavy atom. The van der Waals surface area contributed by atoms with Crippen molar-refractivity contribution in [1.29, 1.82) is 0 Å². The van der Waals surface area contributed by atoms with Crippen LogP contribution < -0.4 is 10.6 Å². The molecule has 0 saturated carbocycles. The number of hydrogen-bond donors (Lipinski definition) is 2. The van der Waals surface area contributed by atoms with Gasteiger partial charge in [0.05, 0.1) is 15.9 Å². The summed E-state index contributed by atoms with van der Waals surface area (Å²) in [4.78, 5) is 16.5. The zero-order valence-corrected chi connectivity index (χ0v) is 17.6. The fourth-order valence-electron chi connectivity index (χ4n) is 3.63. The first-order chi connectivity index (χ1) is 14.2. The van der Waals surface area contributed by atoms with Gasteiger partial charge in [-0.05, 0) is 64.1 Å². The number of rotatable bonds is 4. The second-order valence-corrected chi connectivity index (χ2v) is 8.52. The summed E-state index contributed by atoms with van der Waals surface area (Å²) in [6.45, 7) is 5.67. The van der Waals surface area contributed by atoms with Crippen molar-refractivity contribution in [2.45, 2.75) is 13.3 Å². The van der Waals surface area contributed by atoms with E-state index in [0.717, 1.165) is 38.6 Å². The van der Waals surface area contributed by atoms with E-state index in [1.54, 1.807) is 11.3 Å². The van der Waals surface area contributed by atoms with Crippen LogP contribution in [0, 0.1) is 12.8 Å². The van der Waals surface area contributed by atoms with Crippen LogP contribution in [-0.2, 0) is 0 Å². The molecule has 0 bridgehead atoms. The summed E-state index contributed by atoms with van der Waals surface area (Å²) in [6.07, 6.45) is 4.28. The average Bonchev–Trinajstić information content (AvgIpc) is 3.45. The van der Waals surface area contributed by atoms with Crippen LogP contribution in [0.3, 0.4) is 0 Å². The van der Waals surface area contributed by atoms with Gasteiger partial charge in [-0.15, -0.1) is 0 Å². The number of nitrogens with zero attached hydrogens (tertiary/aromatic N) is 2. The minimum atomic E-state index is 0.700. The lowest BCUT2D eigenvalue weighted by Gasteiger charge is -2.04. The van der Waals surface area contributed by atoms with Crippen LogP contribution in [0.5, 0.6) is 0 Å². The lowest BCUT2D eigenvalue weighted by Crippen LogP contribution is -2.20. The number of thiazole rings is 1. The lowest BCUT2D eigenvalue weighted by molar-refractivity contribution is 0.112. The molecule has 2 aromatic carbocycles. The lowest BCUT2D eigenvalue weighted by atomic mass is 10.1. The van der Waals surface area contributed by atoms with E-state index in [-0.39, 0.29) is 0 Å². The normalized spacial score (nSPS) is 16.1. The molecule has 6 heteroatoms. The highest BCUT2D eigenvalue weighted by Gasteiger charge is 2.12. The van der Waals surface area contributed by atoms with Gasteiger partial charge in [0.15, 0.2) is 4.96 Å². The van der Waals surface area contributed by atoms with E-state index in [1.807, 2.05) is 25.2 Å². The van der Waals surface area contributed by atoms with Crippen molar-refractivity contribution >= 4 is 32.8 Å². The van der Waals surface area contributed by atoms with Gasteiger partial charge < -0.3 is 10.6 Å². The van der Waals surface area contributed by atoms with Gasteiger partial charge >= 0.3 is 0 Å². The van der Waals surface area contributed by atoms with E-state index in [9.17, 15) is 4.79 Å². The molecule has 29 heavy (non-hydrogen) atoms. The third-order valence-electron chi connectivity index (χ3n) is 5.26. The van der Waals surface area contributed by atoms with Crippen molar-refractivity contribution in [3.05, 3.63) is 59.8 Å². The van der Waals surface area contributed by atoms with Crippen LogP contribution >= 0.6 is 11.3 Å². The molecule has 0 amide bonds. The molecule has 4 aromatic rings. The molecule has 1 atom stereocenters. The van der Waals surface area contributed by atoms with Crippen molar-refractivity contribution in [1.82, 2.24) is 20.0 Å². The Morgan fingerprint density at radius 2 is 2.10 bits per heavy atom. The smallest absolute Gasteiger partial charge is 0.195 e. The van der Waals surface area contributed by atoms with Gasteiger partial charge in [-0.1, -0.05) is 41.2 Å². The second-order valence-electron chi connectivity index (χ2n) is 7.51. The molecule has 1 saturated heterocycles. The van der Waals surface area contributed by atoms with E-state index >= 15 is 0 Å². The van der Waals surface area contributed by atoms with Gasteiger partial charge in [0, 0.05) is 17.3 Å². The molecule has 2 N–H and O–H groups in total. The fourth-order valence-corrected chi connectivity index (χ4v) is 4.69. The summed E-state index contributed by atoms with van der Waals surface area (Å²) >= 11 is 1.60. The standard InChI is InChI=1S/C17H12N2OS.C6H14N2/c1-11-2-5-13(6-3-11)14-9-19-15-7-4-12(10-20)8-16(15)21-17(19)18-14;1-7-4-6-2-3-8-5-6/h2-10H,1H3;6-8H,2-5H2,1H3. The van der Waals surface area contributed by atoms with Crippen LogP contribution in [0.4, 0.5) is 0 Å². The van der Waals surface area contributed by atoms with Crippen LogP contribution in [0.1, 0.15) is 22.3 Å². The first-order valence-electron chi connectivity index (χ1n) is 9.97. The van der Waals surface area contributed by atoms with Gasteiger partial charge in [0.1, 0.15) is 6.29 Å². The largest absolute Gasteiger partial charge is 0.319 e. The Morgan fingerprint density at radius 1 is 1.28 bits per heavy atom. The highest BCUT2D eigenvalue weighted by Crippen LogP contribution is 2.30. The van der Waals surface area contributed by atoms with Crippen molar-refractivity contribution in [3.8, 4) is 11.3 Å². The summed E-state index contributed by atoms with van der Waals surface area (Å²) in [6, 6.07) is 14.1. The summed E-state index contributed by atoms with van der Waals surface area (Å²) < 4.78 is 3.17. The van der Waals surface area contributed by atoms with Crippen LogP contribution in [-0.4, -0.2) is 42.4 Å². The SMILES string of the molecule is CNCC1CCNC1.Cc1ccc(-c2cn3c(n2)sc2cc(C=O)ccc23)cc1. The maximum atomic E-state index is 10.9. The second kappa shape index (κ2) is 8.86. The van der Waals surface area contributed by atoms with Gasteiger partial charge in [-0.25, -0.2) is 4.98 Å². The molecule has 1 unspecified atom stereocenters. The van der Waals surface area contributed by atoms with E-state index < -0.39 is 0 Å². The number of fused-ring (bicyclic) bond motifs is 3. The van der Waals surface area contributed by atoms with Gasteiger partial charge in [-0.3, -0.25) is 9.20 Å². The topological polar surface area (TPSA) is 58.4 Å². The van der Waals surface area contributed by atoms with Crippen LogP contribution in [0.25, 0.3) is 26.4 Å². The molecule has 1 aliphatic heterocycles. The number of imidazole rings is 1. The Balaban J connectivity index is 0.000000216. The molecular formula is C23H26N4OS. The molecule has 5 nitrogen and oxygen atoms in total. The maximum Gasteiger partial charge on any atom is 0.195 e. The minimum absolute atomic E-state index is 0.700. The van der Waals surface area contributed by atoms with Crippen LogP contribution in [0.15, 0.2) is 48.7 Å². The number of carbonyl (C=O) groups is 1. The predicted octanol–water partition coefficient (Wildman–Crippen LogP) is 4.15. The number of aldehydes is 1. The monoisotopic (exact) mass is 406 g/mol. The summed E-state index contributed by atoms with van der Waals surface area (Å²) in [5.41, 5.74) is 5.13. The number of hydrogen-bond acceptors (Lipinski definition) is 5. The Kier molecular flexibility index (Phi) is 6.04. The highest BCUT2D eigenvalue weighted by atomic mass is 32.1. The highest BCUT2D eigenvalue weighted by molar-refractivity contribution is 7.23. The zero-order valence-electron chi connectivity index (χ0n) is 16.8. The minimum Gasteiger partial charge on any atom is -0.319 e. The van der Waals surface area contributed by atoms with E-state index in [0.29, 0.717) is 5.56 Å². The van der Waals surface area contributed by atoms with E-state index in [1.165, 1.54) is 31.6 Å². The predicted molar refractivity (Wildman–Crippen MR) is 121 cm³/mol. The molecule has 2 aromatic heterocycles.